The number of nitrogens with one attached hydrogen (secondary N) is 1. The number of aromatic nitrogens is 3. The molecule has 2 aromatic carbocycles. The van der Waals surface area contributed by atoms with Crippen molar-refractivity contribution < 1.29 is 13.2 Å². The number of hydrogen-bond donors (Lipinski definition) is 1. The fourth-order valence-electron chi connectivity index (χ4n) is 3.50. The summed E-state index contributed by atoms with van der Waals surface area (Å²) in [6.45, 7) is 4.37. The van der Waals surface area contributed by atoms with Crippen LogP contribution in [0.4, 0.5) is 5.69 Å². The summed E-state index contributed by atoms with van der Waals surface area (Å²) in [5.74, 6) is 1.21. The van der Waals surface area contributed by atoms with Gasteiger partial charge in [-0.15, -0.1) is 5.10 Å². The van der Waals surface area contributed by atoms with Gasteiger partial charge >= 0.3 is 0 Å². The minimum atomic E-state index is -3.59. The van der Waals surface area contributed by atoms with Gasteiger partial charge in [-0.1, -0.05) is 49.9 Å². The molecule has 0 bridgehead atoms. The molecule has 8 nitrogen and oxygen atoms in total. The highest BCUT2D eigenvalue weighted by atomic mass is 32.2. The Kier molecular flexibility index (Phi) is 7.16. The molecule has 1 aliphatic rings. The average molecular weight is 486 g/mol. The highest BCUT2D eigenvalue weighted by molar-refractivity contribution is 7.99. The summed E-state index contributed by atoms with van der Waals surface area (Å²) >= 11 is 1.26. The van der Waals surface area contributed by atoms with E-state index in [4.69, 9.17) is 0 Å². The number of hydrogen-bond acceptors (Lipinski definition) is 6. The molecule has 0 saturated heterocycles. The van der Waals surface area contributed by atoms with Crippen LogP contribution in [-0.4, -0.2) is 52.2 Å². The fourth-order valence-corrected chi connectivity index (χ4v) is 5.64. The van der Waals surface area contributed by atoms with Crippen molar-refractivity contribution in [3.8, 4) is 5.69 Å². The van der Waals surface area contributed by atoms with Crippen LogP contribution in [0.3, 0.4) is 0 Å². The van der Waals surface area contributed by atoms with Crippen LogP contribution < -0.4 is 5.32 Å². The smallest absolute Gasteiger partial charge is 0.243 e. The minimum Gasteiger partial charge on any atom is -0.325 e. The van der Waals surface area contributed by atoms with Gasteiger partial charge in [-0.2, -0.15) is 4.31 Å². The van der Waals surface area contributed by atoms with Crippen LogP contribution in [-0.2, 0) is 14.8 Å². The Hall–Kier alpha value is -2.69. The second kappa shape index (κ2) is 10.1. The third-order valence-electron chi connectivity index (χ3n) is 5.35. The van der Waals surface area contributed by atoms with Crippen LogP contribution in [0.25, 0.3) is 5.69 Å². The number of thioether (sulfide) groups is 1. The van der Waals surface area contributed by atoms with Crippen molar-refractivity contribution in [1.82, 2.24) is 19.1 Å². The van der Waals surface area contributed by atoms with Gasteiger partial charge in [0.2, 0.25) is 21.1 Å². The molecule has 0 aliphatic heterocycles. The molecule has 0 spiro atoms. The summed E-state index contributed by atoms with van der Waals surface area (Å²) in [6.07, 6.45) is 2.20. The van der Waals surface area contributed by atoms with E-state index in [0.717, 1.165) is 24.4 Å². The number of rotatable bonds is 10. The van der Waals surface area contributed by atoms with Crippen LogP contribution in [0.15, 0.2) is 64.6 Å². The Bertz CT molecular complexity index is 1220. The zero-order valence-electron chi connectivity index (χ0n) is 18.6. The summed E-state index contributed by atoms with van der Waals surface area (Å²) in [4.78, 5) is 17.4. The van der Waals surface area contributed by atoms with Gasteiger partial charge in [-0.3, -0.25) is 4.79 Å². The predicted octanol–water partition coefficient (Wildman–Crippen LogP) is 3.91. The summed E-state index contributed by atoms with van der Waals surface area (Å²) in [5, 5.41) is 7.94. The number of anilines is 1. The Labute approximate surface area is 198 Å². The first kappa shape index (κ1) is 23.5. The number of para-hydroxylation sites is 1. The molecular weight excluding hydrogens is 458 g/mol. The van der Waals surface area contributed by atoms with E-state index >= 15 is 0 Å². The van der Waals surface area contributed by atoms with Crippen molar-refractivity contribution in [2.45, 2.75) is 42.7 Å². The summed E-state index contributed by atoms with van der Waals surface area (Å²) < 4.78 is 28.7. The Balaban J connectivity index is 1.42. The molecule has 33 heavy (non-hydrogen) atoms. The summed E-state index contributed by atoms with van der Waals surface area (Å²) in [6, 6.07) is 16.2. The van der Waals surface area contributed by atoms with E-state index in [0.29, 0.717) is 29.9 Å². The first-order chi connectivity index (χ1) is 15.9. The third-order valence-corrected chi connectivity index (χ3v) is 8.23. The van der Waals surface area contributed by atoms with Gasteiger partial charge in [0.1, 0.15) is 5.82 Å². The number of benzene rings is 2. The zero-order chi connectivity index (χ0) is 23.4. The highest BCUT2D eigenvalue weighted by Gasteiger charge is 2.30. The lowest BCUT2D eigenvalue weighted by Crippen LogP contribution is -2.30. The van der Waals surface area contributed by atoms with Crippen LogP contribution in [0.5, 0.6) is 0 Å². The normalized spacial score (nSPS) is 13.9. The van der Waals surface area contributed by atoms with E-state index in [1.807, 2.05) is 35.0 Å². The first-order valence-electron chi connectivity index (χ1n) is 11.0. The van der Waals surface area contributed by atoms with Gasteiger partial charge in [-0.05, 0) is 43.2 Å². The molecule has 1 amide bonds. The second-order valence-electron chi connectivity index (χ2n) is 7.73. The lowest BCUT2D eigenvalue weighted by molar-refractivity contribution is -0.113. The number of sulfonamides is 1. The number of carbonyl (C=O) groups is 1. The predicted molar refractivity (Wildman–Crippen MR) is 129 cm³/mol. The lowest BCUT2D eigenvalue weighted by atomic mass is 10.3. The molecule has 1 saturated carbocycles. The Morgan fingerprint density at radius 2 is 1.85 bits per heavy atom. The van der Waals surface area contributed by atoms with Crippen molar-refractivity contribution in [2.24, 2.45) is 0 Å². The molecule has 1 aliphatic carbocycles. The molecule has 3 aromatic rings. The van der Waals surface area contributed by atoms with Crippen LogP contribution in [0.2, 0.25) is 0 Å². The van der Waals surface area contributed by atoms with E-state index in [-0.39, 0.29) is 16.6 Å². The lowest BCUT2D eigenvalue weighted by Gasteiger charge is -2.18. The van der Waals surface area contributed by atoms with Gasteiger partial charge in [0, 0.05) is 24.7 Å². The van der Waals surface area contributed by atoms with Crippen molar-refractivity contribution in [1.29, 1.82) is 0 Å². The van der Waals surface area contributed by atoms with Gasteiger partial charge in [0.25, 0.3) is 0 Å². The van der Waals surface area contributed by atoms with Crippen LogP contribution >= 0.6 is 11.8 Å². The molecular formula is C23H27N5O3S2. The minimum absolute atomic E-state index is 0.121. The largest absolute Gasteiger partial charge is 0.325 e. The molecule has 1 aromatic heterocycles. The van der Waals surface area contributed by atoms with Gasteiger partial charge in [0.05, 0.1) is 16.3 Å². The summed E-state index contributed by atoms with van der Waals surface area (Å²) in [5.41, 5.74) is 1.39. The van der Waals surface area contributed by atoms with E-state index in [1.165, 1.54) is 28.2 Å². The van der Waals surface area contributed by atoms with Crippen molar-refractivity contribution in [3.63, 3.8) is 0 Å². The quantitative estimate of drug-likeness (QED) is 0.438. The van der Waals surface area contributed by atoms with Crippen molar-refractivity contribution >= 4 is 33.4 Å². The topological polar surface area (TPSA) is 97.2 Å². The molecule has 4 rings (SSSR count). The van der Waals surface area contributed by atoms with E-state index in [1.54, 1.807) is 26.0 Å². The van der Waals surface area contributed by atoms with Crippen LogP contribution in [0, 0.1) is 0 Å². The Morgan fingerprint density at radius 1 is 1.12 bits per heavy atom. The maximum Gasteiger partial charge on any atom is 0.243 e. The van der Waals surface area contributed by atoms with E-state index in [9.17, 15) is 13.2 Å². The van der Waals surface area contributed by atoms with Crippen molar-refractivity contribution in [3.05, 3.63) is 60.4 Å². The Morgan fingerprint density at radius 3 is 2.52 bits per heavy atom. The van der Waals surface area contributed by atoms with Gasteiger partial charge in [0.15, 0.2) is 0 Å². The molecule has 1 N–H and O–H groups in total. The first-order valence-corrected chi connectivity index (χ1v) is 13.4. The number of amides is 1. The zero-order valence-corrected chi connectivity index (χ0v) is 20.3. The van der Waals surface area contributed by atoms with Gasteiger partial charge in [-0.25, -0.2) is 18.1 Å². The maximum absolute atomic E-state index is 12.7. The van der Waals surface area contributed by atoms with Gasteiger partial charge < -0.3 is 5.32 Å². The van der Waals surface area contributed by atoms with E-state index < -0.39 is 10.0 Å². The third kappa shape index (κ3) is 5.45. The number of nitrogens with zero attached hydrogens (tertiary/aromatic N) is 4. The van der Waals surface area contributed by atoms with Crippen molar-refractivity contribution in [2.75, 3.05) is 24.2 Å². The molecule has 1 heterocycles. The second-order valence-corrected chi connectivity index (χ2v) is 10.6. The molecule has 0 unspecified atom stereocenters. The molecule has 1 fully saturated rings. The standard InChI is InChI=1S/C23H27N5O3S2/c1-3-27(4-2)33(30,31)20-12-8-9-18(15-20)24-21(29)16-32-23-25-22(17-13-14-17)28(26-23)19-10-6-5-7-11-19/h5-12,15,17H,3-4,13-14,16H2,1-2H3,(H,24,29). The fraction of sp³-hybridized carbons (Fsp3) is 0.348. The molecule has 0 radical (unpaired) electrons. The van der Waals surface area contributed by atoms with Crippen LogP contribution in [0.1, 0.15) is 38.4 Å². The monoisotopic (exact) mass is 485 g/mol. The maximum atomic E-state index is 12.7. The SMILES string of the molecule is CCN(CC)S(=O)(=O)c1cccc(NC(=O)CSc2nc(C3CC3)n(-c3ccccc3)n2)c1. The number of carbonyl (C=O) groups excluding carboxylic acids is 1. The summed E-state index contributed by atoms with van der Waals surface area (Å²) in [7, 11) is -3.59. The molecule has 174 valence electrons. The highest BCUT2D eigenvalue weighted by Crippen LogP contribution is 2.40. The molecule has 10 heteroatoms. The van der Waals surface area contributed by atoms with E-state index in [2.05, 4.69) is 15.4 Å². The molecule has 0 atom stereocenters. The average Bonchev–Trinajstić information content (AvgIpc) is 3.58.